The molecule has 0 aromatic carbocycles. The second-order valence-corrected chi connectivity index (χ2v) is 7.78. The van der Waals surface area contributed by atoms with Crippen LogP contribution in [0.25, 0.3) is 11.2 Å². The van der Waals surface area contributed by atoms with Gasteiger partial charge in [0.15, 0.2) is 11.5 Å². The zero-order valence-corrected chi connectivity index (χ0v) is 15.1. The van der Waals surface area contributed by atoms with Gasteiger partial charge >= 0.3 is 0 Å². The topological polar surface area (TPSA) is 79.4 Å². The number of aromatic amines is 1. The molecule has 1 unspecified atom stereocenters. The fraction of sp³-hybridized carbons (Fsp3) is 0.722. The van der Waals surface area contributed by atoms with Gasteiger partial charge in [0.1, 0.15) is 11.8 Å². The second-order valence-electron chi connectivity index (χ2n) is 7.78. The molecule has 0 amide bonds. The average molecular weight is 358 g/mol. The van der Waals surface area contributed by atoms with E-state index in [9.17, 15) is 0 Å². The first-order valence-corrected chi connectivity index (χ1v) is 9.64. The molecule has 8 nitrogen and oxygen atoms in total. The molecule has 8 heteroatoms. The van der Waals surface area contributed by atoms with Gasteiger partial charge in [-0.3, -0.25) is 0 Å². The average Bonchev–Trinajstić information content (AvgIpc) is 3.35. The number of imidazole rings is 1. The Balaban J connectivity index is 1.26. The quantitative estimate of drug-likeness (QED) is 0.879. The van der Waals surface area contributed by atoms with Gasteiger partial charge in [-0.2, -0.15) is 0 Å². The smallest absolute Gasteiger partial charge is 0.182 e. The van der Waals surface area contributed by atoms with E-state index in [0.29, 0.717) is 5.92 Å². The van der Waals surface area contributed by atoms with Gasteiger partial charge in [0.05, 0.1) is 25.1 Å². The molecule has 0 saturated carbocycles. The molecule has 2 aromatic heterocycles. The first-order valence-electron chi connectivity index (χ1n) is 9.64. The molecular formula is C18H26N6O2. The van der Waals surface area contributed by atoms with Gasteiger partial charge in [-0.1, -0.05) is 0 Å². The predicted octanol–water partition coefficient (Wildman–Crippen LogP) is 1.06. The van der Waals surface area contributed by atoms with Gasteiger partial charge in [-0.05, 0) is 25.2 Å². The van der Waals surface area contributed by atoms with Gasteiger partial charge in [-0.25, -0.2) is 15.0 Å². The van der Waals surface area contributed by atoms with E-state index in [2.05, 4.69) is 29.7 Å². The molecule has 5 rings (SSSR count). The maximum absolute atomic E-state index is 6.31. The molecule has 1 spiro atoms. The first-order chi connectivity index (χ1) is 12.8. The molecule has 3 aliphatic rings. The normalized spacial score (nSPS) is 26.8. The second kappa shape index (κ2) is 6.75. The van der Waals surface area contributed by atoms with Crippen LogP contribution in [0.1, 0.15) is 19.3 Å². The Morgan fingerprint density at radius 1 is 1.15 bits per heavy atom. The molecule has 2 aromatic rings. The molecule has 1 N–H and O–H groups in total. The Morgan fingerprint density at radius 3 is 2.92 bits per heavy atom. The van der Waals surface area contributed by atoms with Crippen LogP contribution in [0.4, 0.5) is 5.82 Å². The molecule has 0 bridgehead atoms. The Hall–Kier alpha value is -1.77. The summed E-state index contributed by atoms with van der Waals surface area (Å²) in [5, 5.41) is 0. The van der Waals surface area contributed by atoms with Crippen molar-refractivity contribution in [3.05, 3.63) is 12.7 Å². The lowest BCUT2D eigenvalue weighted by Crippen LogP contribution is -2.57. The number of morpholine rings is 1. The molecule has 3 saturated heterocycles. The molecule has 3 aliphatic heterocycles. The number of rotatable bonds is 3. The number of piperidine rings is 1. The van der Waals surface area contributed by atoms with Crippen molar-refractivity contribution >= 4 is 17.0 Å². The van der Waals surface area contributed by atoms with Crippen LogP contribution >= 0.6 is 0 Å². The van der Waals surface area contributed by atoms with Crippen LogP contribution in [0.2, 0.25) is 0 Å². The van der Waals surface area contributed by atoms with E-state index in [1.807, 2.05) is 0 Å². The van der Waals surface area contributed by atoms with Crippen molar-refractivity contribution < 1.29 is 9.47 Å². The van der Waals surface area contributed by atoms with Crippen molar-refractivity contribution in [3.63, 3.8) is 0 Å². The standard InChI is InChI=1S/C18H26N6O2/c1-7-25-10-14(1)9-23-4-2-18(3-5-23)11-24(6-8-26-18)17-15-16(20-12-19-15)21-13-22-17/h12-14H,1-11H2,(H,19,20,21,22). The number of nitrogens with zero attached hydrogens (tertiary/aromatic N) is 5. The summed E-state index contributed by atoms with van der Waals surface area (Å²) < 4.78 is 11.8. The Kier molecular flexibility index (Phi) is 4.26. The molecule has 140 valence electrons. The highest BCUT2D eigenvalue weighted by molar-refractivity contribution is 5.82. The fourth-order valence-corrected chi connectivity index (χ4v) is 4.56. The van der Waals surface area contributed by atoms with Gasteiger partial charge < -0.3 is 24.3 Å². The van der Waals surface area contributed by atoms with Gasteiger partial charge in [0.25, 0.3) is 0 Å². The van der Waals surface area contributed by atoms with E-state index in [0.717, 1.165) is 75.8 Å². The fourth-order valence-electron chi connectivity index (χ4n) is 4.56. The van der Waals surface area contributed by atoms with E-state index >= 15 is 0 Å². The van der Waals surface area contributed by atoms with Crippen LogP contribution in [0.5, 0.6) is 0 Å². The Labute approximate surface area is 152 Å². The molecule has 5 heterocycles. The molecule has 3 fully saturated rings. The highest BCUT2D eigenvalue weighted by Crippen LogP contribution is 2.33. The highest BCUT2D eigenvalue weighted by atomic mass is 16.5. The van der Waals surface area contributed by atoms with E-state index < -0.39 is 0 Å². The molecule has 0 radical (unpaired) electrons. The summed E-state index contributed by atoms with van der Waals surface area (Å²) in [5.41, 5.74) is 1.59. The summed E-state index contributed by atoms with van der Waals surface area (Å²) >= 11 is 0. The van der Waals surface area contributed by atoms with Gasteiger partial charge in [0, 0.05) is 39.3 Å². The largest absolute Gasteiger partial charge is 0.381 e. The molecular weight excluding hydrogens is 332 g/mol. The zero-order chi connectivity index (χ0) is 17.4. The van der Waals surface area contributed by atoms with Gasteiger partial charge in [-0.15, -0.1) is 0 Å². The van der Waals surface area contributed by atoms with Crippen LogP contribution in [0.3, 0.4) is 0 Å². The number of aromatic nitrogens is 4. The minimum absolute atomic E-state index is 0.0573. The number of likely N-dealkylation sites (tertiary alicyclic amines) is 1. The molecule has 1 atom stereocenters. The van der Waals surface area contributed by atoms with Crippen molar-refractivity contribution in [3.8, 4) is 0 Å². The van der Waals surface area contributed by atoms with Crippen molar-refractivity contribution in [1.82, 2.24) is 24.8 Å². The third-order valence-electron chi connectivity index (χ3n) is 6.06. The van der Waals surface area contributed by atoms with Crippen LogP contribution in [-0.4, -0.2) is 83.0 Å². The van der Waals surface area contributed by atoms with Crippen molar-refractivity contribution in [2.24, 2.45) is 5.92 Å². The zero-order valence-electron chi connectivity index (χ0n) is 15.1. The Bertz CT molecular complexity index is 751. The number of ether oxygens (including phenoxy) is 2. The number of fused-ring (bicyclic) bond motifs is 1. The van der Waals surface area contributed by atoms with Crippen LogP contribution in [0.15, 0.2) is 12.7 Å². The first kappa shape index (κ1) is 16.4. The Morgan fingerprint density at radius 2 is 2.08 bits per heavy atom. The maximum Gasteiger partial charge on any atom is 0.182 e. The lowest BCUT2D eigenvalue weighted by atomic mass is 9.88. The maximum atomic E-state index is 6.31. The lowest BCUT2D eigenvalue weighted by molar-refractivity contribution is -0.0924. The number of hydrogen-bond acceptors (Lipinski definition) is 7. The minimum atomic E-state index is -0.0573. The van der Waals surface area contributed by atoms with E-state index in [1.165, 1.54) is 13.0 Å². The van der Waals surface area contributed by atoms with E-state index in [4.69, 9.17) is 9.47 Å². The SMILES string of the molecule is c1nc(N2CCOC3(CCN(CC4CCOC4)CC3)C2)c2[nH]cnc2n1. The van der Waals surface area contributed by atoms with Crippen LogP contribution < -0.4 is 4.90 Å². The summed E-state index contributed by atoms with van der Waals surface area (Å²) in [6.07, 6.45) is 6.65. The summed E-state index contributed by atoms with van der Waals surface area (Å²) in [6.45, 7) is 7.73. The molecule has 26 heavy (non-hydrogen) atoms. The number of H-pyrrole nitrogens is 1. The van der Waals surface area contributed by atoms with Gasteiger partial charge in [0.2, 0.25) is 0 Å². The minimum Gasteiger partial charge on any atom is -0.381 e. The van der Waals surface area contributed by atoms with Crippen molar-refractivity contribution in [1.29, 1.82) is 0 Å². The summed E-state index contributed by atoms with van der Waals surface area (Å²) in [5.74, 6) is 1.66. The lowest BCUT2D eigenvalue weighted by Gasteiger charge is -2.47. The predicted molar refractivity (Wildman–Crippen MR) is 97.2 cm³/mol. The monoisotopic (exact) mass is 358 g/mol. The molecule has 0 aliphatic carbocycles. The van der Waals surface area contributed by atoms with Crippen LogP contribution in [-0.2, 0) is 9.47 Å². The number of hydrogen-bond donors (Lipinski definition) is 1. The summed E-state index contributed by atoms with van der Waals surface area (Å²) in [7, 11) is 0. The summed E-state index contributed by atoms with van der Waals surface area (Å²) in [6, 6.07) is 0. The van der Waals surface area contributed by atoms with Crippen LogP contribution in [0, 0.1) is 5.92 Å². The third kappa shape index (κ3) is 3.06. The number of anilines is 1. The van der Waals surface area contributed by atoms with Crippen molar-refractivity contribution in [2.75, 3.05) is 57.4 Å². The van der Waals surface area contributed by atoms with Crippen molar-refractivity contribution in [2.45, 2.75) is 24.9 Å². The summed E-state index contributed by atoms with van der Waals surface area (Å²) in [4.78, 5) is 21.1. The van der Waals surface area contributed by atoms with E-state index in [-0.39, 0.29) is 5.60 Å². The van der Waals surface area contributed by atoms with E-state index in [1.54, 1.807) is 12.7 Å². The highest BCUT2D eigenvalue weighted by Gasteiger charge is 2.40. The third-order valence-corrected chi connectivity index (χ3v) is 6.06. The number of nitrogens with one attached hydrogen (secondary N) is 1.